The molecule has 1 aromatic heterocycles. The molecule has 2 heterocycles. The van der Waals surface area contributed by atoms with E-state index in [0.717, 1.165) is 61.0 Å². The number of hydrogen-bond donors (Lipinski definition) is 1. The van der Waals surface area contributed by atoms with Gasteiger partial charge in [0.1, 0.15) is 17.6 Å². The zero-order chi connectivity index (χ0) is 17.5. The highest BCUT2D eigenvalue weighted by Crippen LogP contribution is 2.19. The Labute approximate surface area is 157 Å². The second kappa shape index (κ2) is 8.94. The van der Waals surface area contributed by atoms with Gasteiger partial charge in [-0.15, -0.1) is 0 Å². The number of halogens is 1. The Morgan fingerprint density at radius 2 is 2.00 bits per heavy atom. The molecule has 25 heavy (non-hydrogen) atoms. The normalized spacial score (nSPS) is 16.1. The molecule has 3 rings (SSSR count). The van der Waals surface area contributed by atoms with Gasteiger partial charge >= 0.3 is 0 Å². The Hall–Kier alpha value is -1.95. The first-order chi connectivity index (χ1) is 12.2. The summed E-state index contributed by atoms with van der Waals surface area (Å²) in [6.07, 6.45) is 3.11. The molecular weight excluding hydrogens is 382 g/mol. The van der Waals surface area contributed by atoms with Crippen LogP contribution in [0.4, 0.5) is 0 Å². The minimum Gasteiger partial charge on any atom is -0.490 e. The maximum atomic E-state index is 6.05. The van der Waals surface area contributed by atoms with Gasteiger partial charge in [0.05, 0.1) is 0 Å². The Kier molecular flexibility index (Phi) is 6.39. The number of piperidine rings is 1. The predicted molar refractivity (Wildman–Crippen MR) is 103 cm³/mol. The van der Waals surface area contributed by atoms with Crippen molar-refractivity contribution in [3.8, 4) is 5.75 Å². The lowest BCUT2D eigenvalue weighted by Gasteiger charge is -2.34. The van der Waals surface area contributed by atoms with Gasteiger partial charge in [-0.3, -0.25) is 4.99 Å². The minimum atomic E-state index is 0.275. The molecule has 0 unspecified atom stereocenters. The molecule has 1 aromatic carbocycles. The number of guanidine groups is 1. The summed E-state index contributed by atoms with van der Waals surface area (Å²) in [5, 5.41) is 3.42. The van der Waals surface area contributed by atoms with Gasteiger partial charge in [0, 0.05) is 45.9 Å². The van der Waals surface area contributed by atoms with Crippen LogP contribution in [0.3, 0.4) is 0 Å². The second-order valence-corrected chi connectivity index (χ2v) is 6.83. The third-order valence-corrected chi connectivity index (χ3v) is 4.71. The molecule has 1 saturated heterocycles. The lowest BCUT2D eigenvalue weighted by atomic mass is 10.1. The monoisotopic (exact) mass is 405 g/mol. The summed E-state index contributed by atoms with van der Waals surface area (Å²) in [4.78, 5) is 6.70. The Bertz CT molecular complexity index is 679. The molecule has 6 heteroatoms. The number of rotatable bonds is 5. The van der Waals surface area contributed by atoms with Gasteiger partial charge < -0.3 is 19.4 Å². The van der Waals surface area contributed by atoms with Crippen molar-refractivity contribution in [1.82, 2.24) is 10.2 Å². The van der Waals surface area contributed by atoms with E-state index in [-0.39, 0.29) is 6.10 Å². The minimum absolute atomic E-state index is 0.275. The Morgan fingerprint density at radius 3 is 2.64 bits per heavy atom. The SMILES string of the molecule is CN=C(NCCc1ccc(Br)o1)N1CCC(Oc2ccccc2)CC1. The average molecular weight is 406 g/mol. The molecule has 0 amide bonds. The lowest BCUT2D eigenvalue weighted by molar-refractivity contribution is 0.129. The zero-order valence-corrected chi connectivity index (χ0v) is 16.0. The molecule has 0 atom stereocenters. The largest absolute Gasteiger partial charge is 0.490 e. The van der Waals surface area contributed by atoms with E-state index in [9.17, 15) is 0 Å². The van der Waals surface area contributed by atoms with Gasteiger partial charge in [-0.1, -0.05) is 18.2 Å². The van der Waals surface area contributed by atoms with Gasteiger partial charge in [-0.25, -0.2) is 0 Å². The molecule has 0 spiro atoms. The number of ether oxygens (including phenoxy) is 1. The smallest absolute Gasteiger partial charge is 0.193 e. The molecule has 134 valence electrons. The second-order valence-electron chi connectivity index (χ2n) is 6.05. The van der Waals surface area contributed by atoms with E-state index in [1.165, 1.54) is 0 Å². The summed E-state index contributed by atoms with van der Waals surface area (Å²) < 4.78 is 12.3. The molecule has 5 nitrogen and oxygen atoms in total. The fourth-order valence-corrected chi connectivity index (χ4v) is 3.33. The van der Waals surface area contributed by atoms with Crippen molar-refractivity contribution in [2.75, 3.05) is 26.7 Å². The van der Waals surface area contributed by atoms with Crippen molar-refractivity contribution in [2.24, 2.45) is 4.99 Å². The summed E-state index contributed by atoms with van der Waals surface area (Å²) in [6, 6.07) is 14.0. The van der Waals surface area contributed by atoms with E-state index in [1.807, 2.05) is 49.5 Å². The summed E-state index contributed by atoms with van der Waals surface area (Å²) in [5.74, 6) is 2.86. The average Bonchev–Trinajstić information content (AvgIpc) is 3.06. The van der Waals surface area contributed by atoms with Crippen molar-refractivity contribution in [2.45, 2.75) is 25.4 Å². The third kappa shape index (κ3) is 5.26. The van der Waals surface area contributed by atoms with Gasteiger partial charge in [-0.05, 0) is 40.2 Å². The van der Waals surface area contributed by atoms with Crippen LogP contribution >= 0.6 is 15.9 Å². The molecule has 1 aliphatic heterocycles. The van der Waals surface area contributed by atoms with Gasteiger partial charge in [0.25, 0.3) is 0 Å². The van der Waals surface area contributed by atoms with Crippen molar-refractivity contribution in [3.63, 3.8) is 0 Å². The highest BCUT2D eigenvalue weighted by Gasteiger charge is 2.22. The molecule has 0 bridgehead atoms. The zero-order valence-electron chi connectivity index (χ0n) is 14.5. The van der Waals surface area contributed by atoms with Crippen molar-refractivity contribution in [1.29, 1.82) is 0 Å². The highest BCUT2D eigenvalue weighted by molar-refractivity contribution is 9.10. The number of likely N-dealkylation sites (tertiary alicyclic amines) is 1. The fraction of sp³-hybridized carbons (Fsp3) is 0.421. The molecule has 1 fully saturated rings. The lowest BCUT2D eigenvalue weighted by Crippen LogP contribution is -2.47. The molecule has 1 aliphatic rings. The number of para-hydroxylation sites is 1. The van der Waals surface area contributed by atoms with Crippen LogP contribution in [-0.2, 0) is 6.42 Å². The molecular formula is C19H24BrN3O2. The number of aliphatic imine (C=N–C) groups is 1. The summed E-state index contributed by atoms with van der Waals surface area (Å²) in [6.45, 7) is 2.69. The summed E-state index contributed by atoms with van der Waals surface area (Å²) in [5.41, 5.74) is 0. The van der Waals surface area contributed by atoms with Crippen molar-refractivity contribution >= 4 is 21.9 Å². The highest BCUT2D eigenvalue weighted by atomic mass is 79.9. The van der Waals surface area contributed by atoms with Crippen LogP contribution in [0.15, 0.2) is 56.5 Å². The van der Waals surface area contributed by atoms with Gasteiger partial charge in [0.15, 0.2) is 10.6 Å². The topological polar surface area (TPSA) is 50.0 Å². The van der Waals surface area contributed by atoms with E-state index in [0.29, 0.717) is 0 Å². The Morgan fingerprint density at radius 1 is 1.24 bits per heavy atom. The number of nitrogens with zero attached hydrogens (tertiary/aromatic N) is 2. The number of nitrogens with one attached hydrogen (secondary N) is 1. The van der Waals surface area contributed by atoms with E-state index in [1.54, 1.807) is 0 Å². The van der Waals surface area contributed by atoms with E-state index < -0.39 is 0 Å². The number of hydrogen-bond acceptors (Lipinski definition) is 3. The predicted octanol–water partition coefficient (Wildman–Crippen LogP) is 3.70. The van der Waals surface area contributed by atoms with Crippen LogP contribution in [0.1, 0.15) is 18.6 Å². The maximum absolute atomic E-state index is 6.05. The summed E-state index contributed by atoms with van der Waals surface area (Å²) in [7, 11) is 1.83. The van der Waals surface area contributed by atoms with E-state index in [4.69, 9.17) is 9.15 Å². The van der Waals surface area contributed by atoms with Crippen molar-refractivity contribution in [3.05, 3.63) is 52.9 Å². The molecule has 2 aromatic rings. The summed E-state index contributed by atoms with van der Waals surface area (Å²) >= 11 is 3.33. The fourth-order valence-electron chi connectivity index (χ4n) is 2.99. The van der Waals surface area contributed by atoms with Crippen LogP contribution in [0, 0.1) is 0 Å². The first-order valence-electron chi connectivity index (χ1n) is 8.66. The van der Waals surface area contributed by atoms with Gasteiger partial charge in [0.2, 0.25) is 0 Å². The molecule has 0 radical (unpaired) electrons. The van der Waals surface area contributed by atoms with Crippen LogP contribution < -0.4 is 10.1 Å². The van der Waals surface area contributed by atoms with Gasteiger partial charge in [-0.2, -0.15) is 0 Å². The van der Waals surface area contributed by atoms with E-state index in [2.05, 4.69) is 31.1 Å². The number of furan rings is 1. The van der Waals surface area contributed by atoms with Crippen LogP contribution in [0.5, 0.6) is 5.75 Å². The van der Waals surface area contributed by atoms with Crippen LogP contribution in [0.2, 0.25) is 0 Å². The maximum Gasteiger partial charge on any atom is 0.193 e. The molecule has 1 N–H and O–H groups in total. The first-order valence-corrected chi connectivity index (χ1v) is 9.45. The third-order valence-electron chi connectivity index (χ3n) is 4.28. The number of benzene rings is 1. The first kappa shape index (κ1) is 17.9. The van der Waals surface area contributed by atoms with Crippen molar-refractivity contribution < 1.29 is 9.15 Å². The van der Waals surface area contributed by atoms with Crippen LogP contribution in [-0.4, -0.2) is 43.6 Å². The van der Waals surface area contributed by atoms with E-state index >= 15 is 0 Å². The standard InChI is InChI=1S/C19H24BrN3O2/c1-21-19(22-12-9-16-7-8-18(20)25-16)23-13-10-17(11-14-23)24-15-5-3-2-4-6-15/h2-8,17H,9-14H2,1H3,(H,21,22). The Balaban J connectivity index is 1.42. The molecule has 0 aliphatic carbocycles. The van der Waals surface area contributed by atoms with Crippen LogP contribution in [0.25, 0.3) is 0 Å². The quantitative estimate of drug-likeness (QED) is 0.608. The molecule has 0 saturated carbocycles.